The number of aryl methyl sites for hydroxylation is 2. The number of thiocarbonyl (C=S) groups is 1. The topological polar surface area (TPSA) is 27.3 Å². The van der Waals surface area contributed by atoms with Crippen LogP contribution in [0.3, 0.4) is 0 Å². The highest BCUT2D eigenvalue weighted by Crippen LogP contribution is 2.34. The first-order valence-electron chi connectivity index (χ1n) is 9.82. The van der Waals surface area contributed by atoms with Crippen molar-refractivity contribution in [2.45, 2.75) is 77.9 Å². The molecule has 2 aliphatic rings. The highest BCUT2D eigenvalue weighted by atomic mass is 32.1. The molecule has 1 aromatic rings. The number of nitrogens with zero attached hydrogens (tertiary/aromatic N) is 1. The van der Waals surface area contributed by atoms with Crippen LogP contribution >= 0.6 is 12.2 Å². The normalized spacial score (nSPS) is 26.5. The molecule has 0 radical (unpaired) electrons. The Morgan fingerprint density at radius 3 is 2.28 bits per heavy atom. The Bertz CT molecular complexity index is 579. The van der Waals surface area contributed by atoms with Gasteiger partial charge in [-0.25, -0.2) is 0 Å². The maximum atomic E-state index is 5.60. The molecule has 0 unspecified atom stereocenters. The smallest absolute Gasteiger partial charge is 0.170 e. The predicted molar refractivity (Wildman–Crippen MR) is 111 cm³/mol. The van der Waals surface area contributed by atoms with Crippen molar-refractivity contribution in [3.63, 3.8) is 0 Å². The van der Waals surface area contributed by atoms with E-state index in [1.54, 1.807) is 0 Å². The highest BCUT2D eigenvalue weighted by Gasteiger charge is 2.38. The van der Waals surface area contributed by atoms with Gasteiger partial charge < -0.3 is 10.6 Å². The van der Waals surface area contributed by atoms with Gasteiger partial charge in [0, 0.05) is 30.4 Å². The van der Waals surface area contributed by atoms with Crippen LogP contribution in [-0.2, 0) is 0 Å². The summed E-state index contributed by atoms with van der Waals surface area (Å²) >= 11 is 5.60. The van der Waals surface area contributed by atoms with Gasteiger partial charge in [-0.05, 0) is 80.9 Å². The molecule has 2 fully saturated rings. The molecule has 2 bridgehead atoms. The average molecular weight is 360 g/mol. The van der Waals surface area contributed by atoms with E-state index in [9.17, 15) is 0 Å². The van der Waals surface area contributed by atoms with E-state index in [-0.39, 0.29) is 0 Å². The second-order valence-corrected chi connectivity index (χ2v) is 8.88. The summed E-state index contributed by atoms with van der Waals surface area (Å²) in [7, 11) is 0. The Morgan fingerprint density at radius 2 is 1.72 bits per heavy atom. The number of rotatable bonds is 4. The fraction of sp³-hybridized carbons (Fsp3) is 0.667. The van der Waals surface area contributed by atoms with E-state index in [4.69, 9.17) is 12.2 Å². The molecule has 0 saturated carbocycles. The Balaban J connectivity index is 1.57. The molecule has 1 aromatic carbocycles. The summed E-state index contributed by atoms with van der Waals surface area (Å²) in [6.45, 7) is 10.2. The molecular weight excluding hydrogens is 326 g/mol. The fourth-order valence-electron chi connectivity index (χ4n) is 4.72. The van der Waals surface area contributed by atoms with Gasteiger partial charge in [0.25, 0.3) is 0 Å². The molecule has 2 saturated heterocycles. The van der Waals surface area contributed by atoms with Crippen LogP contribution in [0.4, 0.5) is 5.69 Å². The summed E-state index contributed by atoms with van der Waals surface area (Å²) < 4.78 is 0. The van der Waals surface area contributed by atoms with Gasteiger partial charge in [0.1, 0.15) is 0 Å². The van der Waals surface area contributed by atoms with Gasteiger partial charge in [0.15, 0.2) is 5.11 Å². The van der Waals surface area contributed by atoms with Gasteiger partial charge in [-0.15, -0.1) is 0 Å². The summed E-state index contributed by atoms with van der Waals surface area (Å²) in [5.41, 5.74) is 3.62. The zero-order valence-electron chi connectivity index (χ0n) is 16.1. The largest absolute Gasteiger partial charge is 0.360 e. The summed E-state index contributed by atoms with van der Waals surface area (Å²) in [4.78, 5) is 2.78. The number of anilines is 1. The molecular formula is C21H33N3S. The van der Waals surface area contributed by atoms with Crippen LogP contribution < -0.4 is 10.6 Å². The average Bonchev–Trinajstić information content (AvgIpc) is 2.46. The van der Waals surface area contributed by atoms with Gasteiger partial charge in [0.05, 0.1) is 0 Å². The number of benzene rings is 1. The van der Waals surface area contributed by atoms with E-state index in [0.717, 1.165) is 28.8 Å². The number of piperidine rings is 2. The van der Waals surface area contributed by atoms with Crippen LogP contribution in [0.5, 0.6) is 0 Å². The monoisotopic (exact) mass is 359 g/mol. The molecule has 0 aromatic heterocycles. The third kappa shape index (κ3) is 4.95. The number of nitrogens with one attached hydrogen (secondary N) is 2. The fourth-order valence-corrected chi connectivity index (χ4v) is 5.00. The highest BCUT2D eigenvalue weighted by molar-refractivity contribution is 7.80. The Kier molecular flexibility index (Phi) is 6.00. The second kappa shape index (κ2) is 8.05. The Labute approximate surface area is 158 Å². The van der Waals surface area contributed by atoms with Crippen LogP contribution in [0.1, 0.15) is 57.1 Å². The number of hydrogen-bond donors (Lipinski definition) is 2. The summed E-state index contributed by atoms with van der Waals surface area (Å²) in [6.07, 6.45) is 6.52. The molecule has 2 heterocycles. The van der Waals surface area contributed by atoms with Crippen LogP contribution in [0.15, 0.2) is 18.2 Å². The molecule has 2 aliphatic heterocycles. The number of hydrogen-bond acceptors (Lipinski definition) is 2. The lowest BCUT2D eigenvalue weighted by Gasteiger charge is -2.49. The van der Waals surface area contributed by atoms with E-state index in [2.05, 4.69) is 61.4 Å². The molecule has 138 valence electrons. The second-order valence-electron chi connectivity index (χ2n) is 8.47. The predicted octanol–water partition coefficient (Wildman–Crippen LogP) is 4.63. The maximum Gasteiger partial charge on any atom is 0.170 e. The Morgan fingerprint density at radius 1 is 1.12 bits per heavy atom. The van der Waals surface area contributed by atoms with E-state index >= 15 is 0 Å². The van der Waals surface area contributed by atoms with Crippen molar-refractivity contribution >= 4 is 23.0 Å². The van der Waals surface area contributed by atoms with E-state index in [1.165, 1.54) is 49.8 Å². The van der Waals surface area contributed by atoms with Crippen LogP contribution in [0.2, 0.25) is 0 Å². The molecule has 0 spiro atoms. The first kappa shape index (κ1) is 18.7. The lowest BCUT2D eigenvalue weighted by molar-refractivity contribution is 0.0191. The molecule has 2 atom stereocenters. The van der Waals surface area contributed by atoms with E-state index in [0.29, 0.717) is 6.04 Å². The van der Waals surface area contributed by atoms with E-state index < -0.39 is 0 Å². The molecule has 4 heteroatoms. The zero-order chi connectivity index (χ0) is 18.0. The van der Waals surface area contributed by atoms with Crippen molar-refractivity contribution in [2.75, 3.05) is 11.9 Å². The first-order valence-corrected chi connectivity index (χ1v) is 10.2. The van der Waals surface area contributed by atoms with Crippen LogP contribution in [0.25, 0.3) is 0 Å². The van der Waals surface area contributed by atoms with Crippen LogP contribution in [-0.4, -0.2) is 34.7 Å². The third-order valence-electron chi connectivity index (χ3n) is 5.52. The van der Waals surface area contributed by atoms with Gasteiger partial charge in [-0.1, -0.05) is 26.3 Å². The van der Waals surface area contributed by atoms with Crippen molar-refractivity contribution in [3.8, 4) is 0 Å². The van der Waals surface area contributed by atoms with Crippen molar-refractivity contribution in [3.05, 3.63) is 29.3 Å². The minimum absolute atomic E-state index is 0.504. The minimum Gasteiger partial charge on any atom is -0.360 e. The van der Waals surface area contributed by atoms with Crippen molar-refractivity contribution in [2.24, 2.45) is 5.92 Å². The summed E-state index contributed by atoms with van der Waals surface area (Å²) in [6, 6.07) is 8.47. The lowest BCUT2D eigenvalue weighted by Crippen LogP contribution is -2.58. The minimum atomic E-state index is 0.504. The lowest BCUT2D eigenvalue weighted by atomic mass is 9.81. The standard InChI is InChI=1S/C21H33N3S/c1-14(2)13-24-19-6-5-7-20(24)12-18(11-19)23-21(25)22-17-9-15(3)8-16(4)10-17/h8-10,14,18-20H,5-7,11-13H2,1-4H3,(H2,22,23,25)/t19-,20-/m1/s1. The molecule has 25 heavy (non-hydrogen) atoms. The van der Waals surface area contributed by atoms with Gasteiger partial charge in [-0.2, -0.15) is 0 Å². The quantitative estimate of drug-likeness (QED) is 0.767. The molecule has 0 amide bonds. The third-order valence-corrected chi connectivity index (χ3v) is 5.74. The maximum absolute atomic E-state index is 5.60. The first-order chi connectivity index (χ1) is 11.9. The molecule has 3 nitrogen and oxygen atoms in total. The van der Waals surface area contributed by atoms with Crippen molar-refractivity contribution in [1.82, 2.24) is 10.2 Å². The van der Waals surface area contributed by atoms with E-state index in [1.807, 2.05) is 0 Å². The van der Waals surface area contributed by atoms with Crippen molar-refractivity contribution < 1.29 is 0 Å². The summed E-state index contributed by atoms with van der Waals surface area (Å²) in [5.74, 6) is 0.750. The van der Waals surface area contributed by atoms with Crippen LogP contribution in [0, 0.1) is 19.8 Å². The summed E-state index contributed by atoms with van der Waals surface area (Å²) in [5, 5.41) is 7.76. The van der Waals surface area contributed by atoms with Gasteiger partial charge >= 0.3 is 0 Å². The molecule has 0 aliphatic carbocycles. The number of fused-ring (bicyclic) bond motifs is 2. The molecule has 2 N–H and O–H groups in total. The Hall–Kier alpha value is -1.13. The van der Waals surface area contributed by atoms with Gasteiger partial charge in [0.2, 0.25) is 0 Å². The molecule has 3 rings (SSSR count). The van der Waals surface area contributed by atoms with Gasteiger partial charge in [-0.3, -0.25) is 4.90 Å². The zero-order valence-corrected chi connectivity index (χ0v) is 17.0. The SMILES string of the molecule is Cc1cc(C)cc(NC(=S)NC2C[C@H]3CCC[C@H](C2)N3CC(C)C)c1. The van der Waals surface area contributed by atoms with Crippen molar-refractivity contribution in [1.29, 1.82) is 0 Å².